The second kappa shape index (κ2) is 5.50. The highest BCUT2D eigenvalue weighted by Gasteiger charge is 2.11. The van der Waals surface area contributed by atoms with Crippen LogP contribution < -0.4 is 0 Å². The second-order valence-corrected chi connectivity index (χ2v) is 4.26. The molecule has 0 aromatic heterocycles. The number of allylic oxidation sites excluding steroid dienone is 3. The summed E-state index contributed by atoms with van der Waals surface area (Å²) in [6.07, 6.45) is 4.90. The van der Waals surface area contributed by atoms with Crippen molar-refractivity contribution in [1.29, 1.82) is 0 Å². The minimum atomic E-state index is -0.333. The molecule has 0 amide bonds. The van der Waals surface area contributed by atoms with E-state index in [2.05, 4.69) is 0 Å². The number of phenols is 2. The third-order valence-electron chi connectivity index (χ3n) is 2.69. The molecule has 6 heteroatoms. The highest BCUT2D eigenvalue weighted by molar-refractivity contribution is 6.01. The zero-order chi connectivity index (χ0) is 14.7. The van der Waals surface area contributed by atoms with Crippen molar-refractivity contribution in [3.8, 4) is 11.5 Å². The summed E-state index contributed by atoms with van der Waals surface area (Å²) in [6.45, 7) is -0.0509. The molecular formula is C14H13NO5. The van der Waals surface area contributed by atoms with Gasteiger partial charge in [-0.1, -0.05) is 0 Å². The monoisotopic (exact) mass is 275 g/mol. The first kappa shape index (κ1) is 13.7. The Bertz CT molecular complexity index is 630. The van der Waals surface area contributed by atoms with E-state index in [9.17, 15) is 20.2 Å². The lowest BCUT2D eigenvalue weighted by Gasteiger charge is -2.15. The Labute approximate surface area is 114 Å². The van der Waals surface area contributed by atoms with Crippen LogP contribution in [0.4, 0.5) is 0 Å². The lowest BCUT2D eigenvalue weighted by molar-refractivity contribution is -0.110. The van der Waals surface area contributed by atoms with Crippen molar-refractivity contribution >= 4 is 5.78 Å². The largest absolute Gasteiger partial charge is 0.508 e. The summed E-state index contributed by atoms with van der Waals surface area (Å²) in [5, 5.41) is 38.8. The van der Waals surface area contributed by atoms with Gasteiger partial charge in [0, 0.05) is 29.5 Å². The molecule has 0 unspecified atom stereocenters. The van der Waals surface area contributed by atoms with E-state index >= 15 is 0 Å². The van der Waals surface area contributed by atoms with Crippen LogP contribution in [0, 0.1) is 0 Å². The van der Waals surface area contributed by atoms with Crippen LogP contribution in [0.2, 0.25) is 0 Å². The Morgan fingerprint density at radius 3 is 2.55 bits per heavy atom. The maximum absolute atomic E-state index is 11.0. The lowest BCUT2D eigenvalue weighted by Crippen LogP contribution is -2.13. The van der Waals surface area contributed by atoms with Crippen LogP contribution in [-0.2, 0) is 11.3 Å². The standard InChI is InChI=1S/C14H13NO5/c16-11-3-1-9(13(18)5-11)7-15(20)8-10-2-4-12(17)6-14(10)19/h1-7,17-20H,8H2. The number of phenolic OH excluding ortho intramolecular Hbond substituents is 2. The molecule has 1 aliphatic carbocycles. The molecule has 104 valence electrons. The van der Waals surface area contributed by atoms with Gasteiger partial charge in [-0.3, -0.25) is 15.1 Å². The van der Waals surface area contributed by atoms with Gasteiger partial charge in [0.15, 0.2) is 5.78 Å². The summed E-state index contributed by atoms with van der Waals surface area (Å²) in [4.78, 5) is 11.0. The molecule has 0 fully saturated rings. The zero-order valence-corrected chi connectivity index (χ0v) is 10.4. The maximum Gasteiger partial charge on any atom is 0.182 e. The summed E-state index contributed by atoms with van der Waals surface area (Å²) < 4.78 is 0. The summed E-state index contributed by atoms with van der Waals surface area (Å²) in [5.74, 6) is -0.813. The van der Waals surface area contributed by atoms with Gasteiger partial charge in [0.25, 0.3) is 0 Å². The van der Waals surface area contributed by atoms with Crippen LogP contribution in [0.15, 0.2) is 54.0 Å². The molecule has 0 heterocycles. The molecule has 2 rings (SSSR count). The summed E-state index contributed by atoms with van der Waals surface area (Å²) >= 11 is 0. The van der Waals surface area contributed by atoms with Gasteiger partial charge in [-0.15, -0.1) is 0 Å². The van der Waals surface area contributed by atoms with Crippen LogP contribution in [0.5, 0.6) is 11.5 Å². The molecule has 1 aliphatic rings. The molecular weight excluding hydrogens is 262 g/mol. The van der Waals surface area contributed by atoms with Crippen molar-refractivity contribution in [2.45, 2.75) is 6.54 Å². The number of hydrogen-bond acceptors (Lipinski definition) is 6. The van der Waals surface area contributed by atoms with E-state index in [0.717, 1.165) is 17.2 Å². The molecule has 1 aromatic carbocycles. The Kier molecular flexibility index (Phi) is 3.76. The number of carbonyl (C=O) groups excluding carboxylic acids is 1. The number of aliphatic hydroxyl groups is 1. The number of rotatable bonds is 3. The third-order valence-corrected chi connectivity index (χ3v) is 2.69. The molecule has 0 radical (unpaired) electrons. The molecule has 4 N–H and O–H groups in total. The van der Waals surface area contributed by atoms with Crippen LogP contribution in [0.3, 0.4) is 0 Å². The average Bonchev–Trinajstić information content (AvgIpc) is 2.36. The van der Waals surface area contributed by atoms with Gasteiger partial charge in [-0.25, -0.2) is 0 Å². The highest BCUT2D eigenvalue weighted by Crippen LogP contribution is 2.24. The Morgan fingerprint density at radius 1 is 1.15 bits per heavy atom. The fraction of sp³-hybridized carbons (Fsp3) is 0.0714. The Balaban J connectivity index is 2.13. The van der Waals surface area contributed by atoms with Gasteiger partial charge >= 0.3 is 0 Å². The van der Waals surface area contributed by atoms with Crippen molar-refractivity contribution in [1.82, 2.24) is 5.06 Å². The first-order valence-electron chi connectivity index (χ1n) is 5.77. The van der Waals surface area contributed by atoms with Crippen molar-refractivity contribution < 1.29 is 25.3 Å². The van der Waals surface area contributed by atoms with Crippen molar-refractivity contribution in [3.63, 3.8) is 0 Å². The van der Waals surface area contributed by atoms with E-state index in [4.69, 9.17) is 5.11 Å². The average molecular weight is 275 g/mol. The van der Waals surface area contributed by atoms with Gasteiger partial charge in [-0.2, -0.15) is 0 Å². The van der Waals surface area contributed by atoms with E-state index < -0.39 is 0 Å². The number of carbonyl (C=O) groups is 1. The predicted molar refractivity (Wildman–Crippen MR) is 70.0 cm³/mol. The van der Waals surface area contributed by atoms with Gasteiger partial charge in [-0.05, 0) is 24.3 Å². The van der Waals surface area contributed by atoms with Crippen LogP contribution >= 0.6 is 0 Å². The number of aromatic hydroxyl groups is 2. The number of aliphatic hydroxyl groups excluding tert-OH is 1. The maximum atomic E-state index is 11.0. The van der Waals surface area contributed by atoms with Crippen LogP contribution in [0.25, 0.3) is 0 Å². The number of ketones is 1. The van der Waals surface area contributed by atoms with E-state index in [-0.39, 0.29) is 35.2 Å². The minimum Gasteiger partial charge on any atom is -0.508 e. The summed E-state index contributed by atoms with van der Waals surface area (Å²) in [7, 11) is 0. The van der Waals surface area contributed by atoms with Crippen molar-refractivity contribution in [2.75, 3.05) is 0 Å². The van der Waals surface area contributed by atoms with E-state index in [1.807, 2.05) is 0 Å². The molecule has 6 nitrogen and oxygen atoms in total. The van der Waals surface area contributed by atoms with E-state index in [1.54, 1.807) is 0 Å². The Hall–Kier alpha value is -2.73. The fourth-order valence-electron chi connectivity index (χ4n) is 1.70. The van der Waals surface area contributed by atoms with Crippen molar-refractivity contribution in [2.24, 2.45) is 0 Å². The van der Waals surface area contributed by atoms with Crippen molar-refractivity contribution in [3.05, 3.63) is 59.5 Å². The van der Waals surface area contributed by atoms with Crippen LogP contribution in [-0.4, -0.2) is 31.4 Å². The van der Waals surface area contributed by atoms with E-state index in [1.165, 1.54) is 30.5 Å². The Morgan fingerprint density at radius 2 is 1.90 bits per heavy atom. The normalized spacial score (nSPS) is 16.4. The zero-order valence-electron chi connectivity index (χ0n) is 10.4. The molecule has 0 atom stereocenters. The number of benzene rings is 1. The molecule has 0 aliphatic heterocycles. The first-order valence-corrected chi connectivity index (χ1v) is 5.77. The first-order chi connectivity index (χ1) is 9.45. The van der Waals surface area contributed by atoms with E-state index in [0.29, 0.717) is 5.56 Å². The summed E-state index contributed by atoms with van der Waals surface area (Å²) in [5.41, 5.74) is 0.659. The number of nitrogens with zero attached hydrogens (tertiary/aromatic N) is 1. The minimum absolute atomic E-state index is 0.0509. The number of hydroxylamine groups is 2. The molecule has 0 bridgehead atoms. The third kappa shape index (κ3) is 3.18. The molecule has 0 spiro atoms. The SMILES string of the molecule is O=C1C=CC(=CN(O)Cc2ccc(O)cc2O)C(O)=C1. The molecule has 0 saturated heterocycles. The second-order valence-electron chi connectivity index (χ2n) is 4.26. The highest BCUT2D eigenvalue weighted by atomic mass is 16.5. The molecule has 20 heavy (non-hydrogen) atoms. The van der Waals surface area contributed by atoms with Gasteiger partial charge in [0.2, 0.25) is 0 Å². The molecule has 0 saturated carbocycles. The van der Waals surface area contributed by atoms with Gasteiger partial charge in [0.1, 0.15) is 17.3 Å². The number of hydrogen-bond donors (Lipinski definition) is 4. The van der Waals surface area contributed by atoms with Gasteiger partial charge < -0.3 is 15.3 Å². The fourth-order valence-corrected chi connectivity index (χ4v) is 1.70. The van der Waals surface area contributed by atoms with Crippen LogP contribution in [0.1, 0.15) is 5.56 Å². The predicted octanol–water partition coefficient (Wildman–Crippen LogP) is 1.75. The smallest absolute Gasteiger partial charge is 0.182 e. The quantitative estimate of drug-likeness (QED) is 0.627. The lowest BCUT2D eigenvalue weighted by atomic mass is 10.1. The topological polar surface area (TPSA) is 101 Å². The van der Waals surface area contributed by atoms with Gasteiger partial charge in [0.05, 0.1) is 6.54 Å². The molecule has 1 aromatic rings. The summed E-state index contributed by atoms with van der Waals surface area (Å²) in [6, 6.07) is 4.00.